The van der Waals surface area contributed by atoms with E-state index in [0.29, 0.717) is 26.1 Å². The first-order valence-electron chi connectivity index (χ1n) is 7.87. The van der Waals surface area contributed by atoms with Crippen molar-refractivity contribution >= 4 is 11.9 Å². The Kier molecular flexibility index (Phi) is 11.9. The smallest absolute Gasteiger partial charge is 0.320 e. The fourth-order valence-electron chi connectivity index (χ4n) is 2.10. The van der Waals surface area contributed by atoms with Crippen molar-refractivity contribution in [2.45, 2.75) is 58.4 Å². The van der Waals surface area contributed by atoms with Gasteiger partial charge in [-0.2, -0.15) is 0 Å². The number of aliphatic hydroxyl groups is 1. The molecule has 0 aromatic rings. The number of nitrogens with zero attached hydrogens (tertiary/aromatic N) is 1. The highest BCUT2D eigenvalue weighted by Gasteiger charge is 2.19. The fraction of sp³-hybridized carbons (Fsp3) is 0.867. The topological polar surface area (TPSA) is 89.9 Å². The Morgan fingerprint density at radius 2 is 1.81 bits per heavy atom. The number of carbonyl (C=O) groups excluding carboxylic acids is 1. The van der Waals surface area contributed by atoms with Crippen LogP contribution in [-0.2, 0) is 9.59 Å². The summed E-state index contributed by atoms with van der Waals surface area (Å²) in [4.78, 5) is 24.2. The molecule has 1 amide bonds. The van der Waals surface area contributed by atoms with E-state index >= 15 is 0 Å². The average Bonchev–Trinajstić information content (AvgIpc) is 2.45. The Bertz CT molecular complexity index is 297. The van der Waals surface area contributed by atoms with Gasteiger partial charge in [0.2, 0.25) is 5.91 Å². The summed E-state index contributed by atoms with van der Waals surface area (Å²) in [5.74, 6) is -0.913. The number of hydrogen-bond acceptors (Lipinski definition) is 4. The third-order valence-corrected chi connectivity index (χ3v) is 3.52. The number of aliphatic carboxylic acids is 1. The predicted octanol–water partition coefficient (Wildman–Crippen LogP) is 1.23. The fourth-order valence-corrected chi connectivity index (χ4v) is 2.10. The maximum Gasteiger partial charge on any atom is 0.320 e. The zero-order valence-electron chi connectivity index (χ0n) is 13.3. The molecular weight excluding hydrogens is 272 g/mol. The maximum absolute atomic E-state index is 11.6. The Morgan fingerprint density at radius 1 is 1.14 bits per heavy atom. The third-order valence-electron chi connectivity index (χ3n) is 3.52. The summed E-state index contributed by atoms with van der Waals surface area (Å²) < 4.78 is 0. The number of rotatable bonds is 13. The number of unbranched alkanes of at least 4 members (excludes halogenated alkanes) is 4. The molecular formula is C15H30N2O4. The van der Waals surface area contributed by atoms with Crippen LogP contribution in [0.25, 0.3) is 0 Å². The van der Waals surface area contributed by atoms with Crippen LogP contribution in [0, 0.1) is 0 Å². The van der Waals surface area contributed by atoms with Crippen molar-refractivity contribution in [3.05, 3.63) is 0 Å². The lowest BCUT2D eigenvalue weighted by molar-refractivity contribution is -0.142. The van der Waals surface area contributed by atoms with Crippen molar-refractivity contribution in [2.24, 2.45) is 0 Å². The molecule has 6 heteroatoms. The lowest BCUT2D eigenvalue weighted by Gasteiger charge is -2.25. The summed E-state index contributed by atoms with van der Waals surface area (Å²) in [5.41, 5.74) is 0. The second kappa shape index (κ2) is 12.6. The van der Waals surface area contributed by atoms with Gasteiger partial charge in [0, 0.05) is 26.1 Å². The number of aliphatic hydroxyl groups excluding tert-OH is 1. The predicted molar refractivity (Wildman–Crippen MR) is 82.1 cm³/mol. The Hall–Kier alpha value is -1.14. The zero-order valence-corrected chi connectivity index (χ0v) is 13.3. The van der Waals surface area contributed by atoms with Crippen molar-refractivity contribution < 1.29 is 19.8 Å². The first-order chi connectivity index (χ1) is 10.0. The number of carboxylic acids is 1. The highest BCUT2D eigenvalue weighted by atomic mass is 16.4. The number of amides is 1. The molecule has 0 aliphatic rings. The van der Waals surface area contributed by atoms with Gasteiger partial charge in [-0.3, -0.25) is 14.5 Å². The molecule has 1 unspecified atom stereocenters. The van der Waals surface area contributed by atoms with Gasteiger partial charge in [0.1, 0.15) is 6.04 Å². The van der Waals surface area contributed by atoms with E-state index in [0.717, 1.165) is 12.8 Å². The number of carbonyl (C=O) groups is 2. The summed E-state index contributed by atoms with van der Waals surface area (Å²) in [7, 11) is 0. The molecule has 0 aromatic heterocycles. The standard InChI is InChI=1S/C15H30N2O4/c1-3-4-5-6-7-8-14(19)16-9-10-17(11-12-18)13(2)15(20)21/h13,18H,3-12H2,1-2H3,(H,16,19)(H,20,21). The molecule has 0 aromatic carbocycles. The minimum Gasteiger partial charge on any atom is -0.480 e. The minimum atomic E-state index is -0.925. The maximum atomic E-state index is 11.6. The summed E-state index contributed by atoms with van der Waals surface area (Å²) in [5, 5.41) is 20.7. The van der Waals surface area contributed by atoms with E-state index in [1.807, 2.05) is 0 Å². The van der Waals surface area contributed by atoms with Crippen LogP contribution in [0.3, 0.4) is 0 Å². The van der Waals surface area contributed by atoms with E-state index < -0.39 is 12.0 Å². The first-order valence-corrected chi connectivity index (χ1v) is 7.87. The van der Waals surface area contributed by atoms with Gasteiger partial charge in [-0.25, -0.2) is 0 Å². The van der Waals surface area contributed by atoms with Crippen molar-refractivity contribution in [3.8, 4) is 0 Å². The van der Waals surface area contributed by atoms with Gasteiger partial charge in [0.05, 0.1) is 6.61 Å². The van der Waals surface area contributed by atoms with Crippen LogP contribution in [-0.4, -0.2) is 59.3 Å². The summed E-state index contributed by atoms with van der Waals surface area (Å²) in [6, 6.07) is -0.664. The van der Waals surface area contributed by atoms with Gasteiger partial charge >= 0.3 is 5.97 Å². The Balaban J connectivity index is 3.82. The SMILES string of the molecule is CCCCCCCC(=O)NCCN(CCO)C(C)C(=O)O. The molecule has 0 spiro atoms. The molecule has 0 heterocycles. The summed E-state index contributed by atoms with van der Waals surface area (Å²) >= 11 is 0. The molecule has 0 fully saturated rings. The molecule has 6 nitrogen and oxygen atoms in total. The molecule has 124 valence electrons. The van der Waals surface area contributed by atoms with Gasteiger partial charge in [0.15, 0.2) is 0 Å². The van der Waals surface area contributed by atoms with E-state index in [2.05, 4.69) is 12.2 Å². The number of nitrogens with one attached hydrogen (secondary N) is 1. The lowest BCUT2D eigenvalue weighted by atomic mass is 10.1. The monoisotopic (exact) mass is 302 g/mol. The molecule has 0 saturated carbocycles. The van der Waals surface area contributed by atoms with Crippen LogP contribution < -0.4 is 5.32 Å². The van der Waals surface area contributed by atoms with Gasteiger partial charge in [-0.15, -0.1) is 0 Å². The molecule has 0 bridgehead atoms. The Morgan fingerprint density at radius 3 is 2.38 bits per heavy atom. The van der Waals surface area contributed by atoms with E-state index in [1.54, 1.807) is 11.8 Å². The zero-order chi connectivity index (χ0) is 16.1. The minimum absolute atomic E-state index is 0.0124. The van der Waals surface area contributed by atoms with Crippen molar-refractivity contribution in [3.63, 3.8) is 0 Å². The largest absolute Gasteiger partial charge is 0.480 e. The second-order valence-electron chi connectivity index (χ2n) is 5.29. The van der Waals surface area contributed by atoms with Crippen LogP contribution in [0.4, 0.5) is 0 Å². The van der Waals surface area contributed by atoms with Crippen LogP contribution in [0.5, 0.6) is 0 Å². The van der Waals surface area contributed by atoms with Crippen molar-refractivity contribution in [1.82, 2.24) is 10.2 Å². The lowest BCUT2D eigenvalue weighted by Crippen LogP contribution is -2.44. The number of carboxylic acid groups (broad SMARTS) is 1. The highest BCUT2D eigenvalue weighted by Crippen LogP contribution is 2.04. The van der Waals surface area contributed by atoms with Gasteiger partial charge in [-0.1, -0.05) is 32.6 Å². The second-order valence-corrected chi connectivity index (χ2v) is 5.29. The molecule has 0 aliphatic heterocycles. The van der Waals surface area contributed by atoms with E-state index in [-0.39, 0.29) is 12.5 Å². The number of hydrogen-bond donors (Lipinski definition) is 3. The molecule has 0 radical (unpaired) electrons. The molecule has 21 heavy (non-hydrogen) atoms. The molecule has 1 atom stereocenters. The highest BCUT2D eigenvalue weighted by molar-refractivity contribution is 5.75. The normalized spacial score (nSPS) is 12.4. The van der Waals surface area contributed by atoms with Gasteiger partial charge in [-0.05, 0) is 13.3 Å². The van der Waals surface area contributed by atoms with E-state index in [9.17, 15) is 9.59 Å². The third kappa shape index (κ3) is 10.3. The quantitative estimate of drug-likeness (QED) is 0.445. The summed E-state index contributed by atoms with van der Waals surface area (Å²) in [6.45, 7) is 4.76. The van der Waals surface area contributed by atoms with Gasteiger partial charge < -0.3 is 15.5 Å². The van der Waals surface area contributed by atoms with E-state index in [1.165, 1.54) is 19.3 Å². The molecule has 0 saturated heterocycles. The molecule has 0 rings (SSSR count). The van der Waals surface area contributed by atoms with Crippen LogP contribution in [0.2, 0.25) is 0 Å². The van der Waals surface area contributed by atoms with E-state index in [4.69, 9.17) is 10.2 Å². The summed E-state index contributed by atoms with van der Waals surface area (Å²) in [6.07, 6.45) is 6.08. The Labute approximate surface area is 127 Å². The van der Waals surface area contributed by atoms with Crippen LogP contribution >= 0.6 is 0 Å². The molecule has 0 aliphatic carbocycles. The molecule has 3 N–H and O–H groups in total. The van der Waals surface area contributed by atoms with Crippen molar-refractivity contribution in [2.75, 3.05) is 26.2 Å². The van der Waals surface area contributed by atoms with Crippen LogP contribution in [0.1, 0.15) is 52.4 Å². The van der Waals surface area contributed by atoms with Crippen LogP contribution in [0.15, 0.2) is 0 Å². The van der Waals surface area contributed by atoms with Crippen molar-refractivity contribution in [1.29, 1.82) is 0 Å². The van der Waals surface area contributed by atoms with Gasteiger partial charge in [0.25, 0.3) is 0 Å². The average molecular weight is 302 g/mol. The first kappa shape index (κ1) is 19.9.